The summed E-state index contributed by atoms with van der Waals surface area (Å²) in [6.07, 6.45) is 2.03. The Hall–Kier alpha value is -2.08. The zero-order valence-corrected chi connectivity index (χ0v) is 13.7. The fraction of sp³-hybridized carbons (Fsp3) is 0.444. The SMILES string of the molecule is Cc1ccc(OCC2CCN(Cc3ccc(F)c(F)c3)CC2)nn1. The summed E-state index contributed by atoms with van der Waals surface area (Å²) in [6.45, 7) is 5.02. The highest BCUT2D eigenvalue weighted by Gasteiger charge is 2.20. The summed E-state index contributed by atoms with van der Waals surface area (Å²) in [4.78, 5) is 2.26. The van der Waals surface area contributed by atoms with Gasteiger partial charge in [-0.05, 0) is 62.5 Å². The molecule has 0 N–H and O–H groups in total. The number of hydrogen-bond acceptors (Lipinski definition) is 4. The third-order valence-electron chi connectivity index (χ3n) is 4.34. The number of ether oxygens (including phenoxy) is 1. The number of rotatable bonds is 5. The second-order valence-electron chi connectivity index (χ2n) is 6.29. The van der Waals surface area contributed by atoms with Crippen molar-refractivity contribution in [2.75, 3.05) is 19.7 Å². The van der Waals surface area contributed by atoms with E-state index in [0.29, 0.717) is 24.9 Å². The van der Waals surface area contributed by atoms with Gasteiger partial charge in [-0.2, -0.15) is 5.10 Å². The average Bonchev–Trinajstić information content (AvgIpc) is 2.59. The number of aryl methyl sites for hydroxylation is 1. The van der Waals surface area contributed by atoms with Crippen LogP contribution >= 0.6 is 0 Å². The van der Waals surface area contributed by atoms with Crippen molar-refractivity contribution in [2.24, 2.45) is 5.92 Å². The number of halogens is 2. The van der Waals surface area contributed by atoms with Gasteiger partial charge in [-0.3, -0.25) is 4.90 Å². The molecular formula is C18H21F2N3O. The smallest absolute Gasteiger partial charge is 0.233 e. The van der Waals surface area contributed by atoms with Crippen LogP contribution in [0.1, 0.15) is 24.1 Å². The Labute approximate surface area is 140 Å². The van der Waals surface area contributed by atoms with Crippen LogP contribution in [0.25, 0.3) is 0 Å². The van der Waals surface area contributed by atoms with Gasteiger partial charge in [0.05, 0.1) is 12.3 Å². The van der Waals surface area contributed by atoms with Crippen molar-refractivity contribution in [3.05, 3.63) is 53.2 Å². The van der Waals surface area contributed by atoms with Crippen molar-refractivity contribution in [3.63, 3.8) is 0 Å². The molecule has 1 saturated heterocycles. The summed E-state index contributed by atoms with van der Waals surface area (Å²) < 4.78 is 31.9. The van der Waals surface area contributed by atoms with Crippen LogP contribution in [-0.2, 0) is 6.54 Å². The largest absolute Gasteiger partial charge is 0.476 e. The van der Waals surface area contributed by atoms with Crippen molar-refractivity contribution in [1.29, 1.82) is 0 Å². The van der Waals surface area contributed by atoms with E-state index in [9.17, 15) is 8.78 Å². The van der Waals surface area contributed by atoms with Gasteiger partial charge in [-0.15, -0.1) is 5.10 Å². The summed E-state index contributed by atoms with van der Waals surface area (Å²) in [5.74, 6) is -0.539. The molecule has 2 heterocycles. The molecule has 128 valence electrons. The molecule has 1 aromatic carbocycles. The Morgan fingerprint density at radius 2 is 1.88 bits per heavy atom. The first-order chi connectivity index (χ1) is 11.6. The molecule has 24 heavy (non-hydrogen) atoms. The second-order valence-corrected chi connectivity index (χ2v) is 6.29. The molecule has 3 rings (SSSR count). The molecule has 6 heteroatoms. The molecule has 0 spiro atoms. The third kappa shape index (κ3) is 4.47. The minimum Gasteiger partial charge on any atom is -0.476 e. The van der Waals surface area contributed by atoms with Gasteiger partial charge in [0.25, 0.3) is 0 Å². The van der Waals surface area contributed by atoms with Crippen molar-refractivity contribution < 1.29 is 13.5 Å². The molecule has 0 unspecified atom stereocenters. The van der Waals surface area contributed by atoms with Gasteiger partial charge in [0.15, 0.2) is 11.6 Å². The normalized spacial score (nSPS) is 16.3. The molecular weight excluding hydrogens is 312 g/mol. The average molecular weight is 333 g/mol. The maximum Gasteiger partial charge on any atom is 0.233 e. The van der Waals surface area contributed by atoms with E-state index in [2.05, 4.69) is 15.1 Å². The lowest BCUT2D eigenvalue weighted by molar-refractivity contribution is 0.134. The second kappa shape index (κ2) is 7.66. The van der Waals surface area contributed by atoms with Gasteiger partial charge in [0.2, 0.25) is 5.88 Å². The number of aromatic nitrogens is 2. The summed E-state index contributed by atoms with van der Waals surface area (Å²) in [6, 6.07) is 7.82. The van der Waals surface area contributed by atoms with E-state index in [-0.39, 0.29) is 0 Å². The lowest BCUT2D eigenvalue weighted by Crippen LogP contribution is -2.35. The number of nitrogens with zero attached hydrogens (tertiary/aromatic N) is 3. The summed E-state index contributed by atoms with van der Waals surface area (Å²) in [7, 11) is 0. The fourth-order valence-corrected chi connectivity index (χ4v) is 2.87. The van der Waals surface area contributed by atoms with Crippen LogP contribution < -0.4 is 4.74 Å². The van der Waals surface area contributed by atoms with Crippen LogP contribution in [0.2, 0.25) is 0 Å². The van der Waals surface area contributed by atoms with Crippen molar-refractivity contribution in [3.8, 4) is 5.88 Å². The van der Waals surface area contributed by atoms with E-state index in [1.807, 2.05) is 19.1 Å². The molecule has 2 aromatic rings. The van der Waals surface area contributed by atoms with Crippen LogP contribution in [-0.4, -0.2) is 34.8 Å². The monoisotopic (exact) mass is 333 g/mol. The first-order valence-electron chi connectivity index (χ1n) is 8.19. The number of likely N-dealkylation sites (tertiary alicyclic amines) is 1. The van der Waals surface area contributed by atoms with Gasteiger partial charge in [0.1, 0.15) is 0 Å². The summed E-state index contributed by atoms with van der Waals surface area (Å²) in [5, 5.41) is 7.97. The minimum atomic E-state index is -0.797. The Bertz CT molecular complexity index is 670. The molecule has 1 aromatic heterocycles. The number of piperidine rings is 1. The van der Waals surface area contributed by atoms with Crippen LogP contribution in [0.4, 0.5) is 8.78 Å². The maximum absolute atomic E-state index is 13.3. The summed E-state index contributed by atoms with van der Waals surface area (Å²) >= 11 is 0. The summed E-state index contributed by atoms with van der Waals surface area (Å²) in [5.41, 5.74) is 1.67. The van der Waals surface area contributed by atoms with Gasteiger partial charge < -0.3 is 4.74 Å². The molecule has 0 atom stereocenters. The van der Waals surface area contributed by atoms with Gasteiger partial charge in [-0.25, -0.2) is 8.78 Å². The van der Waals surface area contributed by atoms with E-state index in [0.717, 1.165) is 37.2 Å². The molecule has 1 aliphatic heterocycles. The molecule has 0 radical (unpaired) electrons. The van der Waals surface area contributed by atoms with E-state index >= 15 is 0 Å². The molecule has 4 nitrogen and oxygen atoms in total. The molecule has 1 fully saturated rings. The highest BCUT2D eigenvalue weighted by Crippen LogP contribution is 2.20. The van der Waals surface area contributed by atoms with Gasteiger partial charge >= 0.3 is 0 Å². The highest BCUT2D eigenvalue weighted by atomic mass is 19.2. The standard InChI is InChI=1S/C18H21F2N3O/c1-13-2-5-18(22-21-13)24-12-14-6-8-23(9-7-14)11-15-3-4-16(19)17(20)10-15/h2-5,10,14H,6-9,11-12H2,1H3. The highest BCUT2D eigenvalue weighted by molar-refractivity contribution is 5.17. The fourth-order valence-electron chi connectivity index (χ4n) is 2.87. The van der Waals surface area contributed by atoms with Crippen LogP contribution in [0.15, 0.2) is 30.3 Å². The minimum absolute atomic E-state index is 0.481. The first kappa shape index (κ1) is 16.8. The van der Waals surface area contributed by atoms with Crippen molar-refractivity contribution >= 4 is 0 Å². The Morgan fingerprint density at radius 1 is 1.08 bits per heavy atom. The predicted molar refractivity (Wildman–Crippen MR) is 86.6 cm³/mol. The Kier molecular flexibility index (Phi) is 5.35. The lowest BCUT2D eigenvalue weighted by Gasteiger charge is -2.31. The van der Waals surface area contributed by atoms with E-state index in [1.165, 1.54) is 12.1 Å². The quantitative estimate of drug-likeness (QED) is 0.841. The van der Waals surface area contributed by atoms with E-state index in [1.54, 1.807) is 6.07 Å². The zero-order chi connectivity index (χ0) is 16.9. The predicted octanol–water partition coefficient (Wildman–Crippen LogP) is 3.35. The van der Waals surface area contributed by atoms with E-state index in [4.69, 9.17) is 4.74 Å². The van der Waals surface area contributed by atoms with Crippen LogP contribution in [0, 0.1) is 24.5 Å². The third-order valence-corrected chi connectivity index (χ3v) is 4.34. The van der Waals surface area contributed by atoms with Gasteiger partial charge in [0, 0.05) is 12.6 Å². The topological polar surface area (TPSA) is 38.2 Å². The maximum atomic E-state index is 13.3. The number of benzene rings is 1. The molecule has 0 amide bonds. The van der Waals surface area contributed by atoms with Crippen molar-refractivity contribution in [2.45, 2.75) is 26.3 Å². The first-order valence-corrected chi connectivity index (χ1v) is 8.19. The van der Waals surface area contributed by atoms with Crippen molar-refractivity contribution in [1.82, 2.24) is 15.1 Å². The molecule has 1 aliphatic rings. The Balaban J connectivity index is 1.43. The van der Waals surface area contributed by atoms with Gasteiger partial charge in [-0.1, -0.05) is 6.07 Å². The van der Waals surface area contributed by atoms with Crippen LogP contribution in [0.5, 0.6) is 5.88 Å². The zero-order valence-electron chi connectivity index (χ0n) is 13.7. The molecule has 0 bridgehead atoms. The molecule has 0 aliphatic carbocycles. The lowest BCUT2D eigenvalue weighted by atomic mass is 9.97. The van der Waals surface area contributed by atoms with Crippen LogP contribution in [0.3, 0.4) is 0 Å². The van der Waals surface area contributed by atoms with E-state index < -0.39 is 11.6 Å². The number of hydrogen-bond donors (Lipinski definition) is 0. The Morgan fingerprint density at radius 3 is 2.54 bits per heavy atom. The molecule has 0 saturated carbocycles.